The van der Waals surface area contributed by atoms with Crippen molar-refractivity contribution >= 4 is 30.3 Å². The smallest absolute Gasteiger partial charge is 0.290 e. The van der Waals surface area contributed by atoms with Crippen LogP contribution in [0.1, 0.15) is 68.8 Å². The summed E-state index contributed by atoms with van der Waals surface area (Å²) in [7, 11) is 1.31. The Morgan fingerprint density at radius 1 is 1.11 bits per heavy atom. The van der Waals surface area contributed by atoms with E-state index in [9.17, 15) is 39.2 Å². The molecule has 1 heterocycles. The van der Waals surface area contributed by atoms with Gasteiger partial charge < -0.3 is 50.6 Å². The van der Waals surface area contributed by atoms with E-state index in [-0.39, 0.29) is 47.4 Å². The number of carboxylic acid groups (broad SMARTS) is 2. The summed E-state index contributed by atoms with van der Waals surface area (Å²) in [5, 5.41) is 57.3. The number of benzene rings is 2. The van der Waals surface area contributed by atoms with E-state index in [0.717, 1.165) is 0 Å². The van der Waals surface area contributed by atoms with Gasteiger partial charge in [-0.05, 0) is 13.0 Å². The number of phenolic OH excluding ortho intramolecular Hbond substituents is 2. The molecule has 8 N–H and O–H groups in total. The molecule has 6 atom stereocenters. The summed E-state index contributed by atoms with van der Waals surface area (Å²) in [6, 6.07) is 3.38. The molecule has 15 nitrogen and oxygen atoms in total. The van der Waals surface area contributed by atoms with Crippen LogP contribution < -0.4 is 10.5 Å². The number of methoxy groups -OCH3 is 1. The van der Waals surface area contributed by atoms with Crippen LogP contribution in [-0.4, -0.2) is 105 Å². The van der Waals surface area contributed by atoms with E-state index in [1.54, 1.807) is 0 Å². The summed E-state index contributed by atoms with van der Waals surface area (Å²) in [6.45, 7) is -0.0819. The Bertz CT molecular complexity index is 1480. The first kappa shape index (κ1) is 35.0. The SMILES string of the molecule is COc1cccc2c1C(=O)c1c(O)c3c(c(O)c1C2=O)C[C@@](O)(C(=O)CO)CC3OC1C[C@@H](N)[C@@H](F)[C@@H](C)O1.O=CO.O=CO. The molecule has 1 saturated heterocycles. The van der Waals surface area contributed by atoms with Gasteiger partial charge >= 0.3 is 0 Å². The Morgan fingerprint density at radius 2 is 1.71 bits per heavy atom. The minimum atomic E-state index is -2.27. The molecule has 0 radical (unpaired) electrons. The third kappa shape index (κ3) is 6.36. The minimum absolute atomic E-state index is 0.0637. The Hall–Kier alpha value is -4.48. The van der Waals surface area contributed by atoms with Gasteiger partial charge in [-0.15, -0.1) is 0 Å². The maximum Gasteiger partial charge on any atom is 0.290 e. The van der Waals surface area contributed by atoms with Crippen LogP contribution >= 0.6 is 0 Å². The molecule has 2 aliphatic carbocycles. The van der Waals surface area contributed by atoms with Crippen molar-refractivity contribution in [3.05, 3.63) is 51.6 Å². The van der Waals surface area contributed by atoms with Gasteiger partial charge in [0, 0.05) is 42.0 Å². The quantitative estimate of drug-likeness (QED) is 0.147. The highest BCUT2D eigenvalue weighted by Crippen LogP contribution is 2.52. The van der Waals surface area contributed by atoms with E-state index in [0.29, 0.717) is 0 Å². The molecule has 45 heavy (non-hydrogen) atoms. The lowest BCUT2D eigenvalue weighted by Gasteiger charge is -2.41. The normalized spacial score (nSPS) is 26.4. The highest BCUT2D eigenvalue weighted by atomic mass is 19.1. The molecule has 1 aliphatic heterocycles. The molecule has 0 spiro atoms. The van der Waals surface area contributed by atoms with Gasteiger partial charge in [0.15, 0.2) is 17.9 Å². The molecular formula is C29H32FNO14. The maximum atomic E-state index is 14.2. The van der Waals surface area contributed by atoms with Crippen molar-refractivity contribution in [1.29, 1.82) is 0 Å². The summed E-state index contributed by atoms with van der Waals surface area (Å²) in [6.07, 6.45) is -6.14. The standard InChI is InChI=1S/C27H28FNO10.2CH2O2/c1-10-22(28)13(29)6-17(38-10)39-15-8-27(36,16(31)9-30)7-12-19(15)26(35)21-20(24(12)33)23(32)11-4-3-5-14(37-2)18(11)25(21)34;2*2-1-3/h3-5,10,13,15,17,22,30,33,35-36H,6-9,29H2,1-2H3;2*1H,(H,2,3)/t10-,13-,15?,17?,22+,27+;;/m1../s1. The zero-order valence-corrected chi connectivity index (χ0v) is 24.0. The van der Waals surface area contributed by atoms with E-state index in [4.69, 9.17) is 39.7 Å². The van der Waals surface area contributed by atoms with Crippen LogP contribution in [0.5, 0.6) is 17.2 Å². The van der Waals surface area contributed by atoms with Gasteiger partial charge in [-0.3, -0.25) is 24.0 Å². The van der Waals surface area contributed by atoms with Crippen LogP contribution in [0.3, 0.4) is 0 Å². The second-order valence-corrected chi connectivity index (χ2v) is 10.3. The van der Waals surface area contributed by atoms with Crippen molar-refractivity contribution in [2.45, 2.75) is 62.5 Å². The number of alkyl halides is 1. The zero-order valence-electron chi connectivity index (χ0n) is 24.0. The molecule has 2 aromatic rings. The van der Waals surface area contributed by atoms with Crippen LogP contribution in [0.15, 0.2) is 18.2 Å². The van der Waals surface area contributed by atoms with Gasteiger partial charge in [-0.2, -0.15) is 0 Å². The molecule has 5 rings (SSSR count). The van der Waals surface area contributed by atoms with Gasteiger partial charge in [0.25, 0.3) is 12.9 Å². The number of halogens is 1. The predicted molar refractivity (Wildman–Crippen MR) is 148 cm³/mol. The average molecular weight is 638 g/mol. The van der Waals surface area contributed by atoms with Crippen molar-refractivity contribution in [2.24, 2.45) is 5.73 Å². The molecule has 0 saturated carbocycles. The maximum absolute atomic E-state index is 14.2. The molecule has 3 aliphatic rings. The Morgan fingerprint density at radius 3 is 2.27 bits per heavy atom. The molecule has 2 aromatic carbocycles. The van der Waals surface area contributed by atoms with E-state index in [1.165, 1.54) is 32.2 Å². The summed E-state index contributed by atoms with van der Waals surface area (Å²) >= 11 is 0. The van der Waals surface area contributed by atoms with Crippen molar-refractivity contribution in [3.63, 3.8) is 0 Å². The summed E-state index contributed by atoms with van der Waals surface area (Å²) in [4.78, 5) is 56.4. The number of hydrogen-bond acceptors (Lipinski definition) is 13. The molecule has 2 unspecified atom stereocenters. The number of carbonyl (C=O) groups excluding carboxylic acids is 3. The molecule has 0 aromatic heterocycles. The van der Waals surface area contributed by atoms with Crippen molar-refractivity contribution in [2.75, 3.05) is 13.7 Å². The van der Waals surface area contributed by atoms with Crippen molar-refractivity contribution < 1.29 is 73.2 Å². The van der Waals surface area contributed by atoms with E-state index >= 15 is 0 Å². The van der Waals surface area contributed by atoms with E-state index in [1.807, 2.05) is 0 Å². The second kappa shape index (κ2) is 14.1. The van der Waals surface area contributed by atoms with Crippen LogP contribution in [-0.2, 0) is 30.3 Å². The number of aromatic hydroxyl groups is 2. The summed E-state index contributed by atoms with van der Waals surface area (Å²) in [5.74, 6) is -3.88. The average Bonchev–Trinajstić information content (AvgIpc) is 3.00. The number of rotatable bonds is 5. The Kier molecular flexibility index (Phi) is 11.0. The first-order chi connectivity index (χ1) is 21.3. The number of ketones is 3. The largest absolute Gasteiger partial charge is 0.507 e. The predicted octanol–water partition coefficient (Wildman–Crippen LogP) is 0.380. The monoisotopic (exact) mass is 637 g/mol. The molecule has 16 heteroatoms. The number of aliphatic hydroxyl groups excluding tert-OH is 1. The number of fused-ring (bicyclic) bond motifs is 3. The van der Waals surface area contributed by atoms with Crippen molar-refractivity contribution in [1.82, 2.24) is 0 Å². The fraction of sp³-hybridized carbons (Fsp3) is 0.414. The van der Waals surface area contributed by atoms with E-state index in [2.05, 4.69) is 0 Å². The molecule has 0 bridgehead atoms. The van der Waals surface area contributed by atoms with Crippen LogP contribution in [0.4, 0.5) is 4.39 Å². The molecule has 0 amide bonds. The van der Waals surface area contributed by atoms with Crippen LogP contribution in [0.2, 0.25) is 0 Å². The van der Waals surface area contributed by atoms with E-state index < -0.39 is 95.7 Å². The fourth-order valence-corrected chi connectivity index (χ4v) is 5.74. The number of ether oxygens (including phenoxy) is 3. The molecule has 244 valence electrons. The topological polar surface area (TPSA) is 260 Å². The van der Waals surface area contributed by atoms with Crippen molar-refractivity contribution in [3.8, 4) is 17.2 Å². The number of phenols is 2. The lowest BCUT2D eigenvalue weighted by atomic mass is 9.72. The number of Topliss-reactive ketones (excluding diaryl/α,β-unsaturated/α-hetero) is 1. The third-order valence-corrected chi connectivity index (χ3v) is 7.74. The number of nitrogens with two attached hydrogens (primary N) is 1. The van der Waals surface area contributed by atoms with Gasteiger partial charge in [-0.1, -0.05) is 12.1 Å². The second-order valence-electron chi connectivity index (χ2n) is 10.3. The molecule has 1 fully saturated rings. The van der Waals surface area contributed by atoms with Gasteiger partial charge in [0.05, 0.1) is 36.0 Å². The van der Waals surface area contributed by atoms with Gasteiger partial charge in [0.2, 0.25) is 5.78 Å². The fourth-order valence-electron chi connectivity index (χ4n) is 5.74. The minimum Gasteiger partial charge on any atom is -0.507 e. The summed E-state index contributed by atoms with van der Waals surface area (Å²) < 4.78 is 31.0. The Balaban J connectivity index is 0.000000853. The third-order valence-electron chi connectivity index (χ3n) is 7.74. The number of aliphatic hydroxyl groups is 2. The zero-order chi connectivity index (χ0) is 33.8. The first-order valence-electron chi connectivity index (χ1n) is 13.4. The lowest BCUT2D eigenvalue weighted by molar-refractivity contribution is -0.239. The lowest BCUT2D eigenvalue weighted by Crippen LogP contribution is -2.51. The number of hydrogen-bond donors (Lipinski definition) is 7. The van der Waals surface area contributed by atoms with Crippen LogP contribution in [0, 0.1) is 0 Å². The molecular weight excluding hydrogens is 605 g/mol. The highest BCUT2D eigenvalue weighted by molar-refractivity contribution is 6.31. The van der Waals surface area contributed by atoms with Gasteiger partial charge in [-0.25, -0.2) is 4.39 Å². The highest BCUT2D eigenvalue weighted by Gasteiger charge is 2.50. The first-order valence-corrected chi connectivity index (χ1v) is 13.4. The van der Waals surface area contributed by atoms with Crippen LogP contribution in [0.25, 0.3) is 0 Å². The summed E-state index contributed by atoms with van der Waals surface area (Å²) in [5.41, 5.74) is 2.11. The van der Waals surface area contributed by atoms with Gasteiger partial charge in [0.1, 0.15) is 35.6 Å². The number of carbonyl (C=O) groups is 5. The Labute approximate surface area is 254 Å².